The van der Waals surface area contributed by atoms with Crippen molar-refractivity contribution in [3.63, 3.8) is 0 Å². The minimum absolute atomic E-state index is 0.0808. The van der Waals surface area contributed by atoms with Gasteiger partial charge in [0.1, 0.15) is 0 Å². The van der Waals surface area contributed by atoms with E-state index in [2.05, 4.69) is 95.9 Å². The van der Waals surface area contributed by atoms with E-state index < -0.39 is 5.41 Å². The van der Waals surface area contributed by atoms with E-state index in [1.54, 1.807) is 0 Å². The molecule has 0 radical (unpaired) electrons. The molecule has 0 aromatic heterocycles. The summed E-state index contributed by atoms with van der Waals surface area (Å²) in [6.07, 6.45) is 19.6. The summed E-state index contributed by atoms with van der Waals surface area (Å²) >= 11 is 0. The lowest BCUT2D eigenvalue weighted by atomic mass is 9.73. The molecule has 3 unspecified atom stereocenters. The molecule has 0 aromatic carbocycles. The van der Waals surface area contributed by atoms with Gasteiger partial charge >= 0.3 is 0 Å². The Balaban J connectivity index is 3.58. The van der Waals surface area contributed by atoms with Crippen molar-refractivity contribution >= 4 is 0 Å². The van der Waals surface area contributed by atoms with Gasteiger partial charge in [0.2, 0.25) is 0 Å². The van der Waals surface area contributed by atoms with Crippen LogP contribution in [0.25, 0.3) is 0 Å². The van der Waals surface area contributed by atoms with Crippen molar-refractivity contribution in [2.45, 2.75) is 98.1 Å². The number of nitrogens with two attached hydrogens (primary N) is 1. The number of hydrogen-bond acceptors (Lipinski definition) is 3. The maximum atomic E-state index is 6.96. The van der Waals surface area contributed by atoms with Gasteiger partial charge in [0.25, 0.3) is 0 Å². The monoisotopic (exact) mass is 489 g/mol. The number of rotatable bonds is 10. The lowest BCUT2D eigenvalue weighted by molar-refractivity contribution is 0.252. The molecule has 3 nitrogen and oxygen atoms in total. The van der Waals surface area contributed by atoms with Crippen LogP contribution in [0.4, 0.5) is 0 Å². The second kappa shape index (κ2) is 15.5. The standard InChI is InChI=1S/C33H51N3/c1-10-16-18-21-27(13-4)28(14-5)23-29(15-6)33(9)25-35-32(8,22-19-17-11-2)24-30(20-12-3)36-26(7)31(33)34/h12,14-15,20-21,23,31,35-36H,3,6-7,10-11,13,17,19,22,24-25,34H2,1-2,4-5,8-9H3/b27-21+,28-14+,29-23+,30-20+. The van der Waals surface area contributed by atoms with Gasteiger partial charge in [-0.15, -0.1) is 0 Å². The zero-order chi connectivity index (χ0) is 27.2. The predicted octanol–water partition coefficient (Wildman–Crippen LogP) is 7.63. The Labute approximate surface area is 222 Å². The molecule has 1 heterocycles. The molecule has 4 N–H and O–H groups in total. The third kappa shape index (κ3) is 8.84. The molecule has 1 fully saturated rings. The van der Waals surface area contributed by atoms with Crippen LogP contribution in [0.3, 0.4) is 0 Å². The van der Waals surface area contributed by atoms with Crippen molar-refractivity contribution < 1.29 is 0 Å². The van der Waals surface area contributed by atoms with Crippen LogP contribution in [0.2, 0.25) is 0 Å². The van der Waals surface area contributed by atoms with Gasteiger partial charge in [-0.1, -0.05) is 103 Å². The van der Waals surface area contributed by atoms with Crippen molar-refractivity contribution in [3.05, 3.63) is 84.3 Å². The van der Waals surface area contributed by atoms with Crippen molar-refractivity contribution in [3.8, 4) is 11.8 Å². The van der Waals surface area contributed by atoms with E-state index in [1.165, 1.54) is 24.8 Å². The Morgan fingerprint density at radius 2 is 1.92 bits per heavy atom. The van der Waals surface area contributed by atoms with Crippen LogP contribution in [0, 0.1) is 17.3 Å². The van der Waals surface area contributed by atoms with Gasteiger partial charge in [0.05, 0.1) is 6.04 Å². The molecule has 0 bridgehead atoms. The Morgan fingerprint density at radius 1 is 1.19 bits per heavy atom. The molecule has 3 atom stereocenters. The zero-order valence-electron chi connectivity index (χ0n) is 23.9. The molecule has 0 aliphatic carbocycles. The molecule has 0 amide bonds. The molecule has 1 saturated heterocycles. The van der Waals surface area contributed by atoms with Gasteiger partial charge in [-0.05, 0) is 55.6 Å². The quantitative estimate of drug-likeness (QED) is 0.168. The first-order valence-corrected chi connectivity index (χ1v) is 13.6. The molecule has 36 heavy (non-hydrogen) atoms. The van der Waals surface area contributed by atoms with Crippen LogP contribution in [-0.4, -0.2) is 18.1 Å². The average Bonchev–Trinajstić information content (AvgIpc) is 2.89. The SMILES string of the molecule is C=C/C=C1\CC(C)(CCCCC)NCC(C)(/C(C=C)=C/C(=C\C)C(=C/C#CCC)/CC)C(N)C(=C)N1. The summed E-state index contributed by atoms with van der Waals surface area (Å²) in [6.45, 7) is 26.3. The highest BCUT2D eigenvalue weighted by Gasteiger charge is 2.40. The van der Waals surface area contributed by atoms with E-state index in [0.717, 1.165) is 48.2 Å². The maximum absolute atomic E-state index is 6.96. The van der Waals surface area contributed by atoms with Crippen LogP contribution < -0.4 is 16.4 Å². The van der Waals surface area contributed by atoms with Crippen LogP contribution in [0.1, 0.15) is 86.5 Å². The molecule has 0 saturated carbocycles. The molecule has 0 spiro atoms. The van der Waals surface area contributed by atoms with Crippen molar-refractivity contribution in [2.75, 3.05) is 6.54 Å². The second-order valence-electron chi connectivity index (χ2n) is 10.3. The molecule has 198 valence electrons. The van der Waals surface area contributed by atoms with Crippen LogP contribution in [-0.2, 0) is 0 Å². The summed E-state index contributed by atoms with van der Waals surface area (Å²) in [6, 6.07) is -0.326. The molecule has 0 aromatic rings. The summed E-state index contributed by atoms with van der Waals surface area (Å²) in [5.41, 5.74) is 11.8. The molecular weight excluding hydrogens is 438 g/mol. The van der Waals surface area contributed by atoms with Crippen LogP contribution >= 0.6 is 0 Å². The van der Waals surface area contributed by atoms with Gasteiger partial charge in [-0.25, -0.2) is 0 Å². The van der Waals surface area contributed by atoms with Gasteiger partial charge in [0, 0.05) is 41.7 Å². The zero-order valence-corrected chi connectivity index (χ0v) is 23.9. The van der Waals surface area contributed by atoms with Gasteiger partial charge in [-0.2, -0.15) is 0 Å². The first kappa shape index (κ1) is 31.5. The fraction of sp³-hybridized carbons (Fsp3) is 0.515. The van der Waals surface area contributed by atoms with Gasteiger partial charge < -0.3 is 16.4 Å². The van der Waals surface area contributed by atoms with E-state index in [-0.39, 0.29) is 11.6 Å². The number of unbranched alkanes of at least 4 members (excludes halogenated alkanes) is 2. The first-order valence-electron chi connectivity index (χ1n) is 13.6. The number of nitrogens with one attached hydrogen (secondary N) is 2. The van der Waals surface area contributed by atoms with E-state index in [1.807, 2.05) is 24.3 Å². The molecule has 1 aliphatic rings. The summed E-state index contributed by atoms with van der Waals surface area (Å²) < 4.78 is 0. The Bertz CT molecular complexity index is 949. The number of hydrogen-bond donors (Lipinski definition) is 3. The highest BCUT2D eigenvalue weighted by atomic mass is 15.0. The normalized spacial score (nSPS) is 27.3. The smallest absolute Gasteiger partial charge is 0.0549 e. The molecule has 1 aliphatic heterocycles. The largest absolute Gasteiger partial charge is 0.361 e. The van der Waals surface area contributed by atoms with E-state index in [4.69, 9.17) is 5.73 Å². The van der Waals surface area contributed by atoms with Gasteiger partial charge in [-0.3, -0.25) is 0 Å². The summed E-state index contributed by atoms with van der Waals surface area (Å²) in [4.78, 5) is 0. The summed E-state index contributed by atoms with van der Waals surface area (Å²) in [5.74, 6) is 6.34. The van der Waals surface area contributed by atoms with Crippen molar-refractivity contribution in [2.24, 2.45) is 11.1 Å². The summed E-state index contributed by atoms with van der Waals surface area (Å²) in [5, 5.41) is 7.49. The Hall–Kier alpha value is -2.54. The predicted molar refractivity (Wildman–Crippen MR) is 160 cm³/mol. The Kier molecular flexibility index (Phi) is 13.6. The van der Waals surface area contributed by atoms with Crippen molar-refractivity contribution in [1.82, 2.24) is 10.6 Å². The average molecular weight is 490 g/mol. The fourth-order valence-corrected chi connectivity index (χ4v) is 4.78. The third-order valence-corrected chi connectivity index (χ3v) is 7.28. The second-order valence-corrected chi connectivity index (χ2v) is 10.3. The molecule has 3 heteroatoms. The Morgan fingerprint density at radius 3 is 2.47 bits per heavy atom. The summed E-state index contributed by atoms with van der Waals surface area (Å²) in [7, 11) is 0. The lowest BCUT2D eigenvalue weighted by Crippen LogP contribution is -2.53. The van der Waals surface area contributed by atoms with E-state index in [0.29, 0.717) is 6.54 Å². The highest BCUT2D eigenvalue weighted by Crippen LogP contribution is 2.37. The highest BCUT2D eigenvalue weighted by molar-refractivity contribution is 5.48. The minimum atomic E-state index is -0.427. The van der Waals surface area contributed by atoms with E-state index in [9.17, 15) is 0 Å². The topological polar surface area (TPSA) is 50.1 Å². The first-order chi connectivity index (χ1) is 17.1. The van der Waals surface area contributed by atoms with Crippen LogP contribution in [0.15, 0.2) is 84.3 Å². The minimum Gasteiger partial charge on any atom is -0.361 e. The van der Waals surface area contributed by atoms with E-state index >= 15 is 0 Å². The van der Waals surface area contributed by atoms with Crippen molar-refractivity contribution in [1.29, 1.82) is 0 Å². The third-order valence-electron chi connectivity index (χ3n) is 7.28. The van der Waals surface area contributed by atoms with Crippen LogP contribution in [0.5, 0.6) is 0 Å². The number of allylic oxidation sites excluding steroid dienone is 8. The molecule has 1 rings (SSSR count). The molecular formula is C33H51N3. The fourth-order valence-electron chi connectivity index (χ4n) is 4.78. The maximum Gasteiger partial charge on any atom is 0.0549 e. The van der Waals surface area contributed by atoms with Gasteiger partial charge in [0.15, 0.2) is 0 Å². The lowest BCUT2D eigenvalue weighted by Gasteiger charge is -2.40.